The zero-order chi connectivity index (χ0) is 22.7. The van der Waals surface area contributed by atoms with Gasteiger partial charge in [-0.15, -0.1) is 0 Å². The fourth-order valence-corrected chi connectivity index (χ4v) is 4.63. The Labute approximate surface area is 195 Å². The van der Waals surface area contributed by atoms with Gasteiger partial charge in [-0.1, -0.05) is 77.8 Å². The number of fused-ring (bicyclic) bond motifs is 3. The molecule has 5 nitrogen and oxygen atoms in total. The summed E-state index contributed by atoms with van der Waals surface area (Å²) in [5.41, 5.74) is 5.04. The number of carboxylic acid groups (broad SMARTS) is 1. The smallest absolute Gasteiger partial charge is 0.407 e. The van der Waals surface area contributed by atoms with E-state index in [4.69, 9.17) is 27.9 Å². The third-order valence-corrected chi connectivity index (χ3v) is 6.41. The number of nitrogens with one attached hydrogen (secondary N) is 1. The Morgan fingerprint density at radius 1 is 0.906 bits per heavy atom. The van der Waals surface area contributed by atoms with Crippen molar-refractivity contribution in [2.75, 3.05) is 13.2 Å². The number of halogens is 2. The van der Waals surface area contributed by atoms with Crippen molar-refractivity contribution in [1.29, 1.82) is 0 Å². The first-order valence-corrected chi connectivity index (χ1v) is 11.0. The minimum absolute atomic E-state index is 0.0645. The maximum Gasteiger partial charge on any atom is 0.407 e. The largest absolute Gasteiger partial charge is 0.481 e. The lowest BCUT2D eigenvalue weighted by Gasteiger charge is -2.17. The molecule has 0 heterocycles. The van der Waals surface area contributed by atoms with E-state index in [-0.39, 0.29) is 25.5 Å². The number of amides is 1. The van der Waals surface area contributed by atoms with Gasteiger partial charge in [0.1, 0.15) is 6.61 Å². The second-order valence-electron chi connectivity index (χ2n) is 7.65. The summed E-state index contributed by atoms with van der Waals surface area (Å²) < 4.78 is 5.47. The van der Waals surface area contributed by atoms with Crippen LogP contribution in [0.3, 0.4) is 0 Å². The van der Waals surface area contributed by atoms with E-state index in [1.54, 1.807) is 18.2 Å². The fourth-order valence-electron chi connectivity index (χ4n) is 4.08. The molecule has 7 heteroatoms. The highest BCUT2D eigenvalue weighted by molar-refractivity contribution is 6.36. The Hall–Kier alpha value is -3.02. The molecule has 1 atom stereocenters. The number of carboxylic acids is 1. The monoisotopic (exact) mass is 469 g/mol. The van der Waals surface area contributed by atoms with Crippen LogP contribution in [0, 0.1) is 5.92 Å². The first kappa shape index (κ1) is 22.2. The van der Waals surface area contributed by atoms with E-state index in [2.05, 4.69) is 17.4 Å². The van der Waals surface area contributed by atoms with Crippen LogP contribution in [-0.4, -0.2) is 30.3 Å². The van der Waals surface area contributed by atoms with Gasteiger partial charge < -0.3 is 15.2 Å². The lowest BCUT2D eigenvalue weighted by molar-refractivity contribution is -0.141. The first-order chi connectivity index (χ1) is 15.5. The Morgan fingerprint density at radius 2 is 1.47 bits per heavy atom. The van der Waals surface area contributed by atoms with E-state index in [9.17, 15) is 14.7 Å². The minimum Gasteiger partial charge on any atom is -0.481 e. The molecule has 2 N–H and O–H groups in total. The van der Waals surface area contributed by atoms with Gasteiger partial charge in [-0.2, -0.15) is 0 Å². The summed E-state index contributed by atoms with van der Waals surface area (Å²) in [5, 5.41) is 12.9. The molecule has 1 aliphatic rings. The van der Waals surface area contributed by atoms with Crippen molar-refractivity contribution < 1.29 is 19.4 Å². The summed E-state index contributed by atoms with van der Waals surface area (Å²) >= 11 is 12.3. The number of aliphatic carboxylic acids is 1. The summed E-state index contributed by atoms with van der Waals surface area (Å²) in [5.74, 6) is -2.02. The van der Waals surface area contributed by atoms with Gasteiger partial charge in [0.25, 0.3) is 0 Å². The van der Waals surface area contributed by atoms with Gasteiger partial charge >= 0.3 is 12.1 Å². The number of carbonyl (C=O) groups is 2. The zero-order valence-electron chi connectivity index (χ0n) is 17.1. The molecule has 0 saturated carbocycles. The van der Waals surface area contributed by atoms with Gasteiger partial charge in [0, 0.05) is 22.5 Å². The van der Waals surface area contributed by atoms with Crippen LogP contribution in [0.4, 0.5) is 4.79 Å². The molecule has 0 fully saturated rings. The molecule has 4 rings (SSSR count). The predicted octanol–water partition coefficient (Wildman–Crippen LogP) is 5.78. The van der Waals surface area contributed by atoms with Gasteiger partial charge in [0.05, 0.1) is 5.92 Å². The molecule has 32 heavy (non-hydrogen) atoms. The van der Waals surface area contributed by atoms with Crippen molar-refractivity contribution in [1.82, 2.24) is 5.32 Å². The Bertz CT molecular complexity index is 1100. The highest BCUT2D eigenvalue weighted by Gasteiger charge is 2.29. The molecule has 0 aromatic heterocycles. The van der Waals surface area contributed by atoms with Crippen LogP contribution in [0.1, 0.15) is 22.6 Å². The van der Waals surface area contributed by atoms with E-state index < -0.39 is 18.0 Å². The number of alkyl carbamates (subject to hydrolysis) is 1. The fraction of sp³-hybridized carbons (Fsp3) is 0.200. The molecular formula is C25H21Cl2NO4. The van der Waals surface area contributed by atoms with Crippen molar-refractivity contribution in [2.24, 2.45) is 5.92 Å². The number of hydrogen-bond acceptors (Lipinski definition) is 3. The van der Waals surface area contributed by atoms with Crippen molar-refractivity contribution in [3.8, 4) is 11.1 Å². The molecule has 164 valence electrons. The van der Waals surface area contributed by atoms with Crippen LogP contribution >= 0.6 is 23.2 Å². The molecule has 0 saturated heterocycles. The van der Waals surface area contributed by atoms with Crippen LogP contribution in [0.5, 0.6) is 0 Å². The second-order valence-corrected chi connectivity index (χ2v) is 8.46. The second kappa shape index (κ2) is 9.63. The minimum atomic E-state index is -1.06. The normalized spacial score (nSPS) is 13.2. The summed E-state index contributed by atoms with van der Waals surface area (Å²) in [6.45, 7) is 0.0570. The molecule has 0 spiro atoms. The quantitative estimate of drug-likeness (QED) is 0.460. The first-order valence-electron chi connectivity index (χ1n) is 10.2. The number of rotatable bonds is 7. The highest BCUT2D eigenvalue weighted by Crippen LogP contribution is 2.44. The summed E-state index contributed by atoms with van der Waals surface area (Å²) in [6, 6.07) is 21.1. The number of carbonyl (C=O) groups excluding carboxylic acids is 1. The van der Waals surface area contributed by atoms with Gasteiger partial charge in [0.15, 0.2) is 0 Å². The molecule has 1 amide bonds. The average molecular weight is 470 g/mol. The maximum absolute atomic E-state index is 12.4. The molecule has 1 aliphatic carbocycles. The van der Waals surface area contributed by atoms with Crippen LogP contribution in [-0.2, 0) is 16.0 Å². The third-order valence-electron chi connectivity index (χ3n) is 5.70. The summed E-state index contributed by atoms with van der Waals surface area (Å²) in [7, 11) is 0. The molecular weight excluding hydrogens is 449 g/mol. The zero-order valence-corrected chi connectivity index (χ0v) is 18.6. The summed E-state index contributed by atoms with van der Waals surface area (Å²) in [4.78, 5) is 24.1. The highest BCUT2D eigenvalue weighted by atomic mass is 35.5. The molecule has 3 aromatic carbocycles. The molecule has 0 aliphatic heterocycles. The van der Waals surface area contributed by atoms with Crippen molar-refractivity contribution >= 4 is 35.3 Å². The molecule has 0 radical (unpaired) electrons. The summed E-state index contributed by atoms with van der Waals surface area (Å²) in [6.07, 6.45) is -0.569. The average Bonchev–Trinajstić information content (AvgIpc) is 3.10. The van der Waals surface area contributed by atoms with E-state index in [1.165, 1.54) is 0 Å². The lowest BCUT2D eigenvalue weighted by atomic mass is 9.98. The molecule has 1 unspecified atom stereocenters. The van der Waals surface area contributed by atoms with Crippen molar-refractivity contribution in [3.63, 3.8) is 0 Å². The van der Waals surface area contributed by atoms with Gasteiger partial charge in [0.2, 0.25) is 0 Å². The number of hydrogen-bond donors (Lipinski definition) is 2. The van der Waals surface area contributed by atoms with Gasteiger partial charge in [-0.05, 0) is 46.4 Å². The Morgan fingerprint density at radius 3 is 2.03 bits per heavy atom. The number of benzene rings is 3. The van der Waals surface area contributed by atoms with E-state index in [0.29, 0.717) is 15.6 Å². The molecule has 0 bridgehead atoms. The standard InChI is InChI=1S/C25H21Cl2NO4/c26-22-10-5-11-23(27)20(22)12-15(24(29)30)13-28-25(31)32-14-21-18-8-3-1-6-16(18)17-7-2-4-9-19(17)21/h1-11,15,21H,12-14H2,(H,28,31)(H,29,30). The van der Waals surface area contributed by atoms with Crippen LogP contribution in [0.25, 0.3) is 11.1 Å². The third kappa shape index (κ3) is 4.59. The van der Waals surface area contributed by atoms with Crippen molar-refractivity contribution in [3.05, 3.63) is 93.5 Å². The topological polar surface area (TPSA) is 75.6 Å². The number of ether oxygens (including phenoxy) is 1. The van der Waals surface area contributed by atoms with Crippen LogP contribution in [0.15, 0.2) is 66.7 Å². The van der Waals surface area contributed by atoms with E-state index >= 15 is 0 Å². The predicted molar refractivity (Wildman–Crippen MR) is 124 cm³/mol. The Kier molecular flexibility index (Phi) is 6.68. The lowest BCUT2D eigenvalue weighted by Crippen LogP contribution is -2.35. The van der Waals surface area contributed by atoms with E-state index in [0.717, 1.165) is 22.3 Å². The van der Waals surface area contributed by atoms with Crippen LogP contribution < -0.4 is 5.32 Å². The van der Waals surface area contributed by atoms with Gasteiger partial charge in [-0.3, -0.25) is 4.79 Å². The molecule has 3 aromatic rings. The van der Waals surface area contributed by atoms with Crippen LogP contribution in [0.2, 0.25) is 10.0 Å². The van der Waals surface area contributed by atoms with Gasteiger partial charge in [-0.25, -0.2) is 4.79 Å². The SMILES string of the molecule is O=C(NCC(Cc1c(Cl)cccc1Cl)C(=O)O)OCC1c2ccccc2-c2ccccc21. The van der Waals surface area contributed by atoms with Crippen molar-refractivity contribution in [2.45, 2.75) is 12.3 Å². The van der Waals surface area contributed by atoms with E-state index in [1.807, 2.05) is 36.4 Å². The Balaban J connectivity index is 1.38. The maximum atomic E-state index is 12.4.